The Kier molecular flexibility index (Phi) is 2.96. The number of H-pyrrole nitrogens is 1. The van der Waals surface area contributed by atoms with E-state index in [2.05, 4.69) is 70.1 Å². The molecule has 1 aliphatic carbocycles. The van der Waals surface area contributed by atoms with Crippen LogP contribution in [0.1, 0.15) is 12.8 Å². The molecular formula is C18H17N3. The van der Waals surface area contributed by atoms with Gasteiger partial charge < -0.3 is 5.32 Å². The molecule has 0 unspecified atom stereocenters. The SMILES string of the molecule is c1ccc(-c2ccc(-c3cc(NC4CC4)n[nH]3)cc2)cc1. The highest BCUT2D eigenvalue weighted by Crippen LogP contribution is 2.27. The van der Waals surface area contributed by atoms with E-state index in [0.717, 1.165) is 17.1 Å². The standard InChI is InChI=1S/C18H17N3/c1-2-4-13(5-3-1)14-6-8-15(9-7-14)17-12-18(21-20-17)19-16-10-11-16/h1-9,12,16H,10-11H2,(H2,19,20,21). The second-order valence-electron chi connectivity index (χ2n) is 5.53. The van der Waals surface area contributed by atoms with Gasteiger partial charge in [0.2, 0.25) is 0 Å². The summed E-state index contributed by atoms with van der Waals surface area (Å²) in [4.78, 5) is 0. The average molecular weight is 275 g/mol. The fourth-order valence-electron chi connectivity index (χ4n) is 2.45. The van der Waals surface area contributed by atoms with Crippen LogP contribution in [0, 0.1) is 0 Å². The van der Waals surface area contributed by atoms with Gasteiger partial charge in [-0.1, -0.05) is 54.6 Å². The summed E-state index contributed by atoms with van der Waals surface area (Å²) < 4.78 is 0. The van der Waals surface area contributed by atoms with Crippen LogP contribution in [0.2, 0.25) is 0 Å². The number of hydrogen-bond acceptors (Lipinski definition) is 2. The van der Waals surface area contributed by atoms with Crippen LogP contribution in [-0.2, 0) is 0 Å². The van der Waals surface area contributed by atoms with Crippen molar-refractivity contribution >= 4 is 5.82 Å². The van der Waals surface area contributed by atoms with Gasteiger partial charge in [-0.2, -0.15) is 5.10 Å². The third kappa shape index (κ3) is 2.68. The Morgan fingerprint density at radius 2 is 1.52 bits per heavy atom. The van der Waals surface area contributed by atoms with Gasteiger partial charge in [-0.25, -0.2) is 0 Å². The molecule has 0 saturated heterocycles. The Morgan fingerprint density at radius 1 is 0.857 bits per heavy atom. The molecule has 0 amide bonds. The first-order valence-electron chi connectivity index (χ1n) is 7.36. The lowest BCUT2D eigenvalue weighted by Gasteiger charge is -2.03. The Labute approximate surface area is 124 Å². The molecule has 3 heteroatoms. The fourth-order valence-corrected chi connectivity index (χ4v) is 2.45. The van der Waals surface area contributed by atoms with Crippen LogP contribution in [0.4, 0.5) is 5.82 Å². The normalized spacial score (nSPS) is 14.1. The number of aromatic amines is 1. The summed E-state index contributed by atoms with van der Waals surface area (Å²) in [5.74, 6) is 0.944. The molecule has 104 valence electrons. The molecule has 0 bridgehead atoms. The largest absolute Gasteiger partial charge is 0.366 e. The third-order valence-electron chi connectivity index (χ3n) is 3.81. The summed E-state index contributed by atoms with van der Waals surface area (Å²) in [7, 11) is 0. The number of benzene rings is 2. The van der Waals surface area contributed by atoms with E-state index in [0.29, 0.717) is 6.04 Å². The molecule has 0 spiro atoms. The van der Waals surface area contributed by atoms with Crippen molar-refractivity contribution in [1.82, 2.24) is 10.2 Å². The molecule has 1 aromatic heterocycles. The first-order valence-corrected chi connectivity index (χ1v) is 7.36. The van der Waals surface area contributed by atoms with E-state index in [-0.39, 0.29) is 0 Å². The second kappa shape index (κ2) is 5.09. The monoisotopic (exact) mass is 275 g/mol. The van der Waals surface area contributed by atoms with Crippen molar-refractivity contribution in [3.05, 3.63) is 60.7 Å². The van der Waals surface area contributed by atoms with E-state index in [1.54, 1.807) is 0 Å². The first kappa shape index (κ1) is 12.2. The summed E-state index contributed by atoms with van der Waals surface area (Å²) in [5.41, 5.74) is 4.68. The topological polar surface area (TPSA) is 40.7 Å². The number of aromatic nitrogens is 2. The van der Waals surface area contributed by atoms with Crippen molar-refractivity contribution in [2.75, 3.05) is 5.32 Å². The fraction of sp³-hybridized carbons (Fsp3) is 0.167. The molecule has 3 aromatic rings. The van der Waals surface area contributed by atoms with Gasteiger partial charge in [0.25, 0.3) is 0 Å². The zero-order chi connectivity index (χ0) is 14.1. The molecule has 1 aliphatic rings. The maximum atomic E-state index is 4.32. The minimum absolute atomic E-state index is 0.626. The van der Waals surface area contributed by atoms with Crippen LogP contribution in [-0.4, -0.2) is 16.2 Å². The van der Waals surface area contributed by atoms with Gasteiger partial charge in [-0.15, -0.1) is 0 Å². The van der Waals surface area contributed by atoms with E-state index >= 15 is 0 Å². The Balaban J connectivity index is 1.56. The van der Waals surface area contributed by atoms with Gasteiger partial charge >= 0.3 is 0 Å². The highest BCUT2D eigenvalue weighted by molar-refractivity contribution is 5.69. The zero-order valence-electron chi connectivity index (χ0n) is 11.7. The van der Waals surface area contributed by atoms with E-state index in [4.69, 9.17) is 0 Å². The van der Waals surface area contributed by atoms with E-state index in [1.165, 1.54) is 24.0 Å². The Hall–Kier alpha value is -2.55. The predicted molar refractivity (Wildman–Crippen MR) is 86.1 cm³/mol. The summed E-state index contributed by atoms with van der Waals surface area (Å²) in [6, 6.07) is 21.7. The minimum Gasteiger partial charge on any atom is -0.366 e. The number of nitrogens with zero attached hydrogens (tertiary/aromatic N) is 1. The van der Waals surface area contributed by atoms with Gasteiger partial charge in [-0.3, -0.25) is 5.10 Å². The van der Waals surface area contributed by atoms with Gasteiger partial charge in [0.1, 0.15) is 5.82 Å². The molecule has 2 aromatic carbocycles. The molecule has 0 radical (unpaired) electrons. The zero-order valence-corrected chi connectivity index (χ0v) is 11.7. The lowest BCUT2D eigenvalue weighted by molar-refractivity contribution is 1.05. The Bertz CT molecular complexity index is 725. The molecule has 1 saturated carbocycles. The van der Waals surface area contributed by atoms with Crippen LogP contribution < -0.4 is 5.32 Å². The average Bonchev–Trinajstić information content (AvgIpc) is 3.24. The van der Waals surface area contributed by atoms with Crippen LogP contribution in [0.15, 0.2) is 60.7 Å². The van der Waals surface area contributed by atoms with Gasteiger partial charge in [0.05, 0.1) is 5.69 Å². The quantitative estimate of drug-likeness (QED) is 0.744. The number of anilines is 1. The summed E-state index contributed by atoms with van der Waals surface area (Å²) in [6.45, 7) is 0. The maximum Gasteiger partial charge on any atom is 0.148 e. The van der Waals surface area contributed by atoms with Gasteiger partial charge in [0, 0.05) is 12.1 Å². The molecule has 2 N–H and O–H groups in total. The summed E-state index contributed by atoms with van der Waals surface area (Å²) in [5, 5.41) is 10.8. The van der Waals surface area contributed by atoms with Gasteiger partial charge in [0.15, 0.2) is 0 Å². The van der Waals surface area contributed by atoms with Crippen LogP contribution in [0.25, 0.3) is 22.4 Å². The molecule has 1 fully saturated rings. The van der Waals surface area contributed by atoms with E-state index in [1.807, 2.05) is 6.07 Å². The molecule has 0 aliphatic heterocycles. The van der Waals surface area contributed by atoms with Gasteiger partial charge in [-0.05, 0) is 29.5 Å². The van der Waals surface area contributed by atoms with Crippen molar-refractivity contribution in [3.8, 4) is 22.4 Å². The molecular weight excluding hydrogens is 258 g/mol. The van der Waals surface area contributed by atoms with Crippen LogP contribution in [0.5, 0.6) is 0 Å². The lowest BCUT2D eigenvalue weighted by Crippen LogP contribution is -2.00. The Morgan fingerprint density at radius 3 is 2.24 bits per heavy atom. The van der Waals surface area contributed by atoms with Crippen molar-refractivity contribution in [3.63, 3.8) is 0 Å². The second-order valence-corrected chi connectivity index (χ2v) is 5.53. The predicted octanol–water partition coefficient (Wildman–Crippen LogP) is 4.32. The van der Waals surface area contributed by atoms with Crippen molar-refractivity contribution < 1.29 is 0 Å². The highest BCUT2D eigenvalue weighted by Gasteiger charge is 2.21. The number of hydrogen-bond donors (Lipinski definition) is 2. The summed E-state index contributed by atoms with van der Waals surface area (Å²) >= 11 is 0. The third-order valence-corrected chi connectivity index (χ3v) is 3.81. The number of rotatable bonds is 4. The minimum atomic E-state index is 0.626. The first-order chi connectivity index (χ1) is 10.4. The lowest BCUT2D eigenvalue weighted by atomic mass is 10.0. The van der Waals surface area contributed by atoms with E-state index in [9.17, 15) is 0 Å². The van der Waals surface area contributed by atoms with E-state index < -0.39 is 0 Å². The van der Waals surface area contributed by atoms with Crippen molar-refractivity contribution in [1.29, 1.82) is 0 Å². The smallest absolute Gasteiger partial charge is 0.148 e. The molecule has 0 atom stereocenters. The highest BCUT2D eigenvalue weighted by atomic mass is 15.2. The van der Waals surface area contributed by atoms with Crippen molar-refractivity contribution in [2.24, 2.45) is 0 Å². The van der Waals surface area contributed by atoms with Crippen molar-refractivity contribution in [2.45, 2.75) is 18.9 Å². The maximum absolute atomic E-state index is 4.32. The molecule has 4 rings (SSSR count). The van der Waals surface area contributed by atoms with Crippen LogP contribution >= 0.6 is 0 Å². The molecule has 3 nitrogen and oxygen atoms in total. The molecule has 1 heterocycles. The molecule has 21 heavy (non-hydrogen) atoms. The summed E-state index contributed by atoms with van der Waals surface area (Å²) in [6.07, 6.45) is 2.52. The van der Waals surface area contributed by atoms with Crippen LogP contribution in [0.3, 0.4) is 0 Å². The number of nitrogens with one attached hydrogen (secondary N) is 2.